The molecule has 9 heteroatoms. The van der Waals surface area contributed by atoms with Gasteiger partial charge < -0.3 is 10.2 Å². The molecule has 3 rings (SSSR count). The Morgan fingerprint density at radius 2 is 1.96 bits per heavy atom. The lowest BCUT2D eigenvalue weighted by Gasteiger charge is -2.37. The molecule has 1 atom stereocenters. The molecule has 1 amide bonds. The molecule has 1 N–H and O–H groups in total. The maximum atomic E-state index is 12.6. The van der Waals surface area contributed by atoms with Gasteiger partial charge in [-0.05, 0) is 19.0 Å². The zero-order valence-electron chi connectivity index (χ0n) is 13.1. The number of rotatable bonds is 3. The number of benzene rings is 1. The number of halogens is 2. The smallest absolute Gasteiger partial charge is 0.271 e. The van der Waals surface area contributed by atoms with Crippen molar-refractivity contribution in [2.75, 3.05) is 39.3 Å². The van der Waals surface area contributed by atoms with E-state index >= 15 is 0 Å². The number of nitro groups is 1. The molecule has 0 aromatic heterocycles. The summed E-state index contributed by atoms with van der Waals surface area (Å²) >= 11 is 5.90. The molecule has 2 saturated heterocycles. The van der Waals surface area contributed by atoms with Crippen molar-refractivity contribution < 1.29 is 9.72 Å². The Labute approximate surface area is 151 Å². The highest BCUT2D eigenvalue weighted by molar-refractivity contribution is 6.31. The largest absolute Gasteiger partial charge is 0.336 e. The summed E-state index contributed by atoms with van der Waals surface area (Å²) in [5.41, 5.74) is 0.122. The summed E-state index contributed by atoms with van der Waals surface area (Å²) < 4.78 is 0. The minimum atomic E-state index is -0.534. The van der Waals surface area contributed by atoms with E-state index in [2.05, 4.69) is 10.2 Å². The number of hydrogen-bond acceptors (Lipinski definition) is 5. The maximum Gasteiger partial charge on any atom is 0.271 e. The monoisotopic (exact) mass is 374 g/mol. The third kappa shape index (κ3) is 4.16. The van der Waals surface area contributed by atoms with Crippen LogP contribution in [0.1, 0.15) is 16.8 Å². The zero-order chi connectivity index (χ0) is 16.4. The second-order valence-electron chi connectivity index (χ2n) is 5.93. The number of nitro benzene ring substituents is 1. The summed E-state index contributed by atoms with van der Waals surface area (Å²) in [6, 6.07) is 4.59. The van der Waals surface area contributed by atoms with Gasteiger partial charge in [0.25, 0.3) is 11.6 Å². The Kier molecular flexibility index (Phi) is 6.40. The van der Waals surface area contributed by atoms with E-state index in [-0.39, 0.29) is 34.6 Å². The molecule has 2 aliphatic heterocycles. The van der Waals surface area contributed by atoms with Crippen LogP contribution in [-0.4, -0.2) is 65.9 Å². The molecule has 7 nitrogen and oxygen atoms in total. The van der Waals surface area contributed by atoms with E-state index in [1.807, 2.05) is 0 Å². The van der Waals surface area contributed by atoms with Crippen molar-refractivity contribution >= 4 is 35.6 Å². The Morgan fingerprint density at radius 3 is 2.54 bits per heavy atom. The molecule has 0 aliphatic carbocycles. The van der Waals surface area contributed by atoms with Crippen LogP contribution < -0.4 is 5.32 Å². The van der Waals surface area contributed by atoms with Gasteiger partial charge in [-0.3, -0.25) is 19.8 Å². The highest BCUT2D eigenvalue weighted by atomic mass is 35.5. The van der Waals surface area contributed by atoms with Crippen LogP contribution in [0.4, 0.5) is 5.69 Å². The molecule has 0 radical (unpaired) electrons. The van der Waals surface area contributed by atoms with Crippen molar-refractivity contribution in [2.24, 2.45) is 0 Å². The Balaban J connectivity index is 0.00000208. The van der Waals surface area contributed by atoms with Crippen molar-refractivity contribution in [1.82, 2.24) is 15.1 Å². The molecule has 2 heterocycles. The first-order valence-electron chi connectivity index (χ1n) is 7.73. The molecule has 24 heavy (non-hydrogen) atoms. The van der Waals surface area contributed by atoms with Crippen LogP contribution >= 0.6 is 24.0 Å². The lowest BCUT2D eigenvalue weighted by Crippen LogP contribution is -2.52. The second kappa shape index (κ2) is 8.11. The van der Waals surface area contributed by atoms with Gasteiger partial charge in [0.2, 0.25) is 0 Å². The van der Waals surface area contributed by atoms with Crippen LogP contribution in [0, 0.1) is 10.1 Å². The van der Waals surface area contributed by atoms with Gasteiger partial charge in [-0.1, -0.05) is 11.6 Å². The highest BCUT2D eigenvalue weighted by Crippen LogP contribution is 2.22. The van der Waals surface area contributed by atoms with E-state index in [4.69, 9.17) is 11.6 Å². The first-order valence-corrected chi connectivity index (χ1v) is 8.11. The van der Waals surface area contributed by atoms with E-state index < -0.39 is 4.92 Å². The second-order valence-corrected chi connectivity index (χ2v) is 6.37. The molecule has 1 aromatic carbocycles. The van der Waals surface area contributed by atoms with Gasteiger partial charge in [-0.25, -0.2) is 0 Å². The van der Waals surface area contributed by atoms with Gasteiger partial charge in [0.05, 0.1) is 4.92 Å². The summed E-state index contributed by atoms with van der Waals surface area (Å²) in [7, 11) is 0. The fourth-order valence-corrected chi connectivity index (χ4v) is 3.46. The topological polar surface area (TPSA) is 78.7 Å². The minimum Gasteiger partial charge on any atom is -0.336 e. The Morgan fingerprint density at radius 1 is 1.25 bits per heavy atom. The van der Waals surface area contributed by atoms with Gasteiger partial charge in [0, 0.05) is 61.5 Å². The molecule has 0 bridgehead atoms. The number of nitrogens with zero attached hydrogens (tertiary/aromatic N) is 3. The normalized spacial score (nSPS) is 21.4. The highest BCUT2D eigenvalue weighted by Gasteiger charge is 2.28. The van der Waals surface area contributed by atoms with Crippen molar-refractivity contribution in [3.05, 3.63) is 38.9 Å². The third-order valence-electron chi connectivity index (χ3n) is 4.49. The molecule has 0 spiro atoms. The number of carbonyl (C=O) groups is 1. The van der Waals surface area contributed by atoms with Gasteiger partial charge in [0.1, 0.15) is 0 Å². The quantitative estimate of drug-likeness (QED) is 0.644. The molecular formula is C15H20Cl2N4O3. The SMILES string of the molecule is Cl.O=C(c1cc(Cl)cc([N+](=O)[O-])c1)N1CCN(C2CCNC2)CC1. The number of nitrogens with one attached hydrogen (secondary N) is 1. The third-order valence-corrected chi connectivity index (χ3v) is 4.71. The van der Waals surface area contributed by atoms with Crippen LogP contribution in [0.3, 0.4) is 0 Å². The van der Waals surface area contributed by atoms with E-state index in [1.54, 1.807) is 4.90 Å². The average molecular weight is 375 g/mol. The lowest BCUT2D eigenvalue weighted by molar-refractivity contribution is -0.384. The summed E-state index contributed by atoms with van der Waals surface area (Å²) in [6.45, 7) is 5.00. The molecule has 2 fully saturated rings. The predicted molar refractivity (Wildman–Crippen MR) is 94.1 cm³/mol. The minimum absolute atomic E-state index is 0. The number of amides is 1. The molecule has 1 aromatic rings. The van der Waals surface area contributed by atoms with Gasteiger partial charge in [-0.15, -0.1) is 12.4 Å². The van der Waals surface area contributed by atoms with E-state index in [0.717, 1.165) is 32.6 Å². The van der Waals surface area contributed by atoms with Crippen molar-refractivity contribution in [1.29, 1.82) is 0 Å². The van der Waals surface area contributed by atoms with Gasteiger partial charge >= 0.3 is 0 Å². The summed E-state index contributed by atoms with van der Waals surface area (Å²) in [4.78, 5) is 27.1. The molecule has 132 valence electrons. The number of piperazine rings is 1. The van der Waals surface area contributed by atoms with Gasteiger partial charge in [0.15, 0.2) is 0 Å². The first-order chi connectivity index (χ1) is 11.0. The number of non-ortho nitro benzene ring substituents is 1. The number of hydrogen-bond donors (Lipinski definition) is 1. The summed E-state index contributed by atoms with van der Waals surface area (Å²) in [5.74, 6) is -0.195. The Hall–Kier alpha value is -1.41. The van der Waals surface area contributed by atoms with Crippen molar-refractivity contribution in [2.45, 2.75) is 12.5 Å². The zero-order valence-corrected chi connectivity index (χ0v) is 14.7. The van der Waals surface area contributed by atoms with Crippen LogP contribution in [0.15, 0.2) is 18.2 Å². The van der Waals surface area contributed by atoms with Crippen molar-refractivity contribution in [3.8, 4) is 0 Å². The molecular weight excluding hydrogens is 355 g/mol. The fourth-order valence-electron chi connectivity index (χ4n) is 3.23. The fraction of sp³-hybridized carbons (Fsp3) is 0.533. The Bertz CT molecular complexity index is 615. The molecule has 0 saturated carbocycles. The van der Waals surface area contributed by atoms with Crippen molar-refractivity contribution in [3.63, 3.8) is 0 Å². The lowest BCUT2D eigenvalue weighted by atomic mass is 10.1. The number of carbonyl (C=O) groups excluding carboxylic acids is 1. The predicted octanol–water partition coefficient (Wildman–Crippen LogP) is 1.79. The molecule has 1 unspecified atom stereocenters. The summed E-state index contributed by atoms with van der Waals surface area (Å²) in [6.07, 6.45) is 1.15. The maximum absolute atomic E-state index is 12.6. The van der Waals surface area contributed by atoms with E-state index in [0.29, 0.717) is 19.1 Å². The molecule has 2 aliphatic rings. The van der Waals surface area contributed by atoms with Crippen LogP contribution in [0.5, 0.6) is 0 Å². The van der Waals surface area contributed by atoms with Crippen LogP contribution in [-0.2, 0) is 0 Å². The van der Waals surface area contributed by atoms with Crippen LogP contribution in [0.2, 0.25) is 5.02 Å². The first kappa shape index (κ1) is 18.9. The standard InChI is InChI=1S/C15H19ClN4O3.ClH/c16-12-7-11(8-14(9-12)20(22)23)15(21)19-5-3-18(4-6-19)13-1-2-17-10-13;/h7-9,13,17H,1-6,10H2;1H. The van der Waals surface area contributed by atoms with E-state index in [1.165, 1.54) is 18.2 Å². The summed E-state index contributed by atoms with van der Waals surface area (Å²) in [5, 5.41) is 14.5. The van der Waals surface area contributed by atoms with E-state index in [9.17, 15) is 14.9 Å². The van der Waals surface area contributed by atoms with Gasteiger partial charge in [-0.2, -0.15) is 0 Å². The van der Waals surface area contributed by atoms with Crippen LogP contribution in [0.25, 0.3) is 0 Å². The average Bonchev–Trinajstić information content (AvgIpc) is 3.08.